The van der Waals surface area contributed by atoms with E-state index in [4.69, 9.17) is 0 Å². The van der Waals surface area contributed by atoms with Crippen molar-refractivity contribution < 1.29 is 18.4 Å². The van der Waals surface area contributed by atoms with Crippen molar-refractivity contribution in [3.05, 3.63) is 69.7 Å². The molecule has 0 heterocycles. The summed E-state index contributed by atoms with van der Waals surface area (Å²) in [6.45, 7) is -0.345. The van der Waals surface area contributed by atoms with Gasteiger partial charge < -0.3 is 10.6 Å². The van der Waals surface area contributed by atoms with Gasteiger partial charge >= 0.3 is 0 Å². The Bertz CT molecular complexity index is 738. The van der Waals surface area contributed by atoms with E-state index in [-0.39, 0.29) is 18.7 Å². The molecule has 0 fully saturated rings. The molecule has 0 aliphatic heterocycles. The monoisotopic (exact) mass is 382 g/mol. The Morgan fingerprint density at radius 1 is 1.00 bits per heavy atom. The van der Waals surface area contributed by atoms with Gasteiger partial charge in [0.1, 0.15) is 11.6 Å². The molecule has 2 aromatic carbocycles. The van der Waals surface area contributed by atoms with Crippen LogP contribution in [-0.2, 0) is 11.3 Å². The maximum absolute atomic E-state index is 13.5. The fourth-order valence-corrected chi connectivity index (χ4v) is 2.24. The number of hydrogen-bond acceptors (Lipinski definition) is 2. The first-order valence-corrected chi connectivity index (χ1v) is 7.50. The lowest BCUT2D eigenvalue weighted by Gasteiger charge is -2.08. The van der Waals surface area contributed by atoms with Gasteiger partial charge in [0.15, 0.2) is 0 Å². The smallest absolute Gasteiger partial charge is 0.254 e. The lowest BCUT2D eigenvalue weighted by molar-refractivity contribution is -0.120. The van der Waals surface area contributed by atoms with E-state index in [0.29, 0.717) is 10.0 Å². The maximum Gasteiger partial charge on any atom is 0.254 e. The van der Waals surface area contributed by atoms with Gasteiger partial charge in [-0.15, -0.1) is 0 Å². The highest BCUT2D eigenvalue weighted by molar-refractivity contribution is 9.10. The van der Waals surface area contributed by atoms with E-state index >= 15 is 0 Å². The highest BCUT2D eigenvalue weighted by atomic mass is 79.9. The number of benzene rings is 2. The zero-order chi connectivity index (χ0) is 16.8. The first kappa shape index (κ1) is 17.1. The van der Waals surface area contributed by atoms with Crippen LogP contribution in [-0.4, -0.2) is 18.4 Å². The number of nitrogens with one attached hydrogen (secondary N) is 2. The summed E-state index contributed by atoms with van der Waals surface area (Å²) in [6, 6.07) is 9.85. The summed E-state index contributed by atoms with van der Waals surface area (Å²) in [4.78, 5) is 23.4. The van der Waals surface area contributed by atoms with Gasteiger partial charge in [-0.05, 0) is 30.3 Å². The Morgan fingerprint density at radius 3 is 2.48 bits per heavy atom. The molecule has 0 aliphatic carbocycles. The number of amides is 2. The molecule has 0 aliphatic rings. The summed E-state index contributed by atoms with van der Waals surface area (Å²) in [5, 5.41) is 4.79. The minimum absolute atomic E-state index is 0.0142. The van der Waals surface area contributed by atoms with E-state index < -0.39 is 23.4 Å². The molecule has 0 saturated heterocycles. The third-order valence-corrected chi connectivity index (χ3v) is 3.51. The first-order chi connectivity index (χ1) is 11.0. The maximum atomic E-state index is 13.5. The summed E-state index contributed by atoms with van der Waals surface area (Å²) >= 11 is 3.21. The normalized spacial score (nSPS) is 10.2. The molecule has 0 atom stereocenters. The van der Waals surface area contributed by atoms with Crippen LogP contribution in [0.15, 0.2) is 46.9 Å². The molecule has 0 unspecified atom stereocenters. The second-order valence-electron chi connectivity index (χ2n) is 4.67. The molecule has 2 N–H and O–H groups in total. The molecule has 120 valence electrons. The van der Waals surface area contributed by atoms with E-state index in [2.05, 4.69) is 26.6 Å². The Morgan fingerprint density at radius 2 is 1.74 bits per heavy atom. The standard InChI is InChI=1S/C16H13BrF2N2O2/c17-11-5-6-13(18)10(7-11)8-20-15(22)9-21-16(23)12-3-1-2-4-14(12)19/h1-7H,8-9H2,(H,20,22)(H,21,23). The molecular weight excluding hydrogens is 370 g/mol. The van der Waals surface area contributed by atoms with Crippen LogP contribution in [0.2, 0.25) is 0 Å². The van der Waals surface area contributed by atoms with Gasteiger partial charge in [0.05, 0.1) is 12.1 Å². The summed E-state index contributed by atoms with van der Waals surface area (Å²) in [5.74, 6) is -2.30. The average Bonchev–Trinajstić information content (AvgIpc) is 2.54. The predicted molar refractivity (Wildman–Crippen MR) is 84.7 cm³/mol. The molecule has 2 aromatic rings. The van der Waals surface area contributed by atoms with Gasteiger partial charge in [-0.25, -0.2) is 8.78 Å². The number of hydrogen-bond donors (Lipinski definition) is 2. The average molecular weight is 383 g/mol. The molecule has 4 nitrogen and oxygen atoms in total. The molecule has 0 radical (unpaired) electrons. The third-order valence-electron chi connectivity index (χ3n) is 3.01. The van der Waals surface area contributed by atoms with Crippen LogP contribution in [0.25, 0.3) is 0 Å². The number of halogens is 3. The molecule has 0 aromatic heterocycles. The fourth-order valence-electron chi connectivity index (χ4n) is 1.84. The van der Waals surface area contributed by atoms with Gasteiger partial charge in [0, 0.05) is 16.6 Å². The van der Waals surface area contributed by atoms with E-state index in [1.165, 1.54) is 24.3 Å². The Hall–Kier alpha value is -2.28. The molecule has 23 heavy (non-hydrogen) atoms. The van der Waals surface area contributed by atoms with Crippen molar-refractivity contribution in [3.8, 4) is 0 Å². The van der Waals surface area contributed by atoms with Crippen LogP contribution in [0.5, 0.6) is 0 Å². The third kappa shape index (κ3) is 4.85. The van der Waals surface area contributed by atoms with Crippen molar-refractivity contribution in [3.63, 3.8) is 0 Å². The molecule has 0 saturated carbocycles. The van der Waals surface area contributed by atoms with Gasteiger partial charge in [-0.3, -0.25) is 9.59 Å². The van der Waals surface area contributed by atoms with Crippen molar-refractivity contribution >= 4 is 27.7 Å². The first-order valence-electron chi connectivity index (χ1n) is 6.70. The second-order valence-corrected chi connectivity index (χ2v) is 5.59. The topological polar surface area (TPSA) is 58.2 Å². The lowest BCUT2D eigenvalue weighted by Crippen LogP contribution is -2.37. The molecular formula is C16H13BrF2N2O2. The molecule has 0 spiro atoms. The van der Waals surface area contributed by atoms with E-state index in [1.807, 2.05) is 0 Å². The van der Waals surface area contributed by atoms with Crippen molar-refractivity contribution in [2.24, 2.45) is 0 Å². The van der Waals surface area contributed by atoms with Crippen molar-refractivity contribution in [1.82, 2.24) is 10.6 Å². The Labute approximate surface area is 140 Å². The summed E-state index contributed by atoms with van der Waals surface area (Å²) in [7, 11) is 0. The Balaban J connectivity index is 1.85. The molecule has 0 bridgehead atoms. The quantitative estimate of drug-likeness (QED) is 0.835. The SMILES string of the molecule is O=C(CNC(=O)c1ccccc1F)NCc1cc(Br)ccc1F. The van der Waals surface area contributed by atoms with E-state index in [1.54, 1.807) is 12.1 Å². The van der Waals surface area contributed by atoms with E-state index in [0.717, 1.165) is 6.07 Å². The number of carbonyl (C=O) groups excluding carboxylic acids is 2. The second kappa shape index (κ2) is 7.82. The van der Waals surface area contributed by atoms with Crippen LogP contribution in [0.1, 0.15) is 15.9 Å². The highest BCUT2D eigenvalue weighted by Crippen LogP contribution is 2.15. The van der Waals surface area contributed by atoms with Crippen molar-refractivity contribution in [2.45, 2.75) is 6.54 Å². The summed E-state index contributed by atoms with van der Waals surface area (Å²) in [5.41, 5.74) is 0.173. The largest absolute Gasteiger partial charge is 0.350 e. The number of carbonyl (C=O) groups is 2. The lowest BCUT2D eigenvalue weighted by atomic mass is 10.2. The van der Waals surface area contributed by atoms with Crippen molar-refractivity contribution in [2.75, 3.05) is 6.54 Å². The summed E-state index contributed by atoms with van der Waals surface area (Å²) in [6.07, 6.45) is 0. The highest BCUT2D eigenvalue weighted by Gasteiger charge is 2.12. The zero-order valence-electron chi connectivity index (χ0n) is 11.9. The Kier molecular flexibility index (Phi) is 5.81. The van der Waals surface area contributed by atoms with Crippen LogP contribution in [0, 0.1) is 11.6 Å². The minimum atomic E-state index is -0.688. The van der Waals surface area contributed by atoms with Crippen LogP contribution < -0.4 is 10.6 Å². The van der Waals surface area contributed by atoms with Crippen LogP contribution in [0.3, 0.4) is 0 Å². The summed E-state index contributed by atoms with van der Waals surface area (Å²) < 4.78 is 27.6. The van der Waals surface area contributed by atoms with Crippen LogP contribution in [0.4, 0.5) is 8.78 Å². The molecule has 2 amide bonds. The predicted octanol–water partition coefficient (Wildman–Crippen LogP) is 2.77. The van der Waals surface area contributed by atoms with Gasteiger partial charge in [0.25, 0.3) is 5.91 Å². The molecule has 2 rings (SSSR count). The number of rotatable bonds is 5. The van der Waals surface area contributed by atoms with Crippen LogP contribution >= 0.6 is 15.9 Å². The zero-order valence-corrected chi connectivity index (χ0v) is 13.5. The minimum Gasteiger partial charge on any atom is -0.350 e. The van der Waals surface area contributed by atoms with Gasteiger partial charge in [-0.2, -0.15) is 0 Å². The van der Waals surface area contributed by atoms with Gasteiger partial charge in [-0.1, -0.05) is 28.1 Å². The van der Waals surface area contributed by atoms with E-state index in [9.17, 15) is 18.4 Å². The van der Waals surface area contributed by atoms with Crippen molar-refractivity contribution in [1.29, 1.82) is 0 Å². The fraction of sp³-hybridized carbons (Fsp3) is 0.125. The molecule has 7 heteroatoms. The van der Waals surface area contributed by atoms with Gasteiger partial charge in [0.2, 0.25) is 5.91 Å².